The zero-order valence-corrected chi connectivity index (χ0v) is 22.5. The quantitative estimate of drug-likeness (QED) is 0.215. The molecular weight excluding hydrogens is 554 g/mol. The molecule has 7 nitrogen and oxygen atoms in total. The number of amides is 1. The van der Waals surface area contributed by atoms with E-state index >= 15 is 0 Å². The molecule has 1 aliphatic heterocycles. The average Bonchev–Trinajstić information content (AvgIpc) is 2.92. The maximum absolute atomic E-state index is 13.3. The van der Waals surface area contributed by atoms with Crippen molar-refractivity contribution in [2.75, 3.05) is 36.9 Å². The molecule has 224 valence electrons. The van der Waals surface area contributed by atoms with E-state index in [4.69, 9.17) is 0 Å². The third-order valence-electron chi connectivity index (χ3n) is 8.03. The third kappa shape index (κ3) is 7.62. The Kier molecular flexibility index (Phi) is 9.03. The van der Waals surface area contributed by atoms with Crippen molar-refractivity contribution in [2.24, 2.45) is 11.8 Å². The number of hydrogen-bond acceptors (Lipinski definition) is 5. The molecule has 0 atom stereocenters. The highest BCUT2D eigenvalue weighted by Crippen LogP contribution is 2.38. The molecule has 1 N–H and O–H groups in total. The number of piperidine rings is 1. The summed E-state index contributed by atoms with van der Waals surface area (Å²) in [5, 5.41) is 14.0. The van der Waals surface area contributed by atoms with Gasteiger partial charge in [0.25, 0.3) is 5.69 Å². The third-order valence-corrected chi connectivity index (χ3v) is 8.03. The van der Waals surface area contributed by atoms with Crippen molar-refractivity contribution >= 4 is 23.0 Å². The molecule has 13 heteroatoms. The van der Waals surface area contributed by atoms with E-state index in [0.29, 0.717) is 45.3 Å². The average molecular weight is 587 g/mol. The van der Waals surface area contributed by atoms with Crippen LogP contribution in [0.4, 0.5) is 43.4 Å². The van der Waals surface area contributed by atoms with Crippen molar-refractivity contribution in [2.45, 2.75) is 56.9 Å². The second-order valence-electron chi connectivity index (χ2n) is 10.9. The molecule has 0 radical (unpaired) electrons. The topological polar surface area (TPSA) is 78.7 Å². The number of carbonyl (C=O) groups is 1. The van der Waals surface area contributed by atoms with Crippen LogP contribution >= 0.6 is 0 Å². The van der Waals surface area contributed by atoms with E-state index in [9.17, 15) is 41.3 Å². The second-order valence-corrected chi connectivity index (χ2v) is 10.9. The lowest BCUT2D eigenvalue weighted by molar-refractivity contribution is -0.388. The minimum Gasteiger partial charge on any atom is -0.382 e. The van der Waals surface area contributed by atoms with Gasteiger partial charge in [0, 0.05) is 56.1 Å². The summed E-state index contributed by atoms with van der Waals surface area (Å²) in [5.74, 6) is 0.119. The number of nitro groups is 1. The molecule has 1 saturated heterocycles. The van der Waals surface area contributed by atoms with Crippen LogP contribution in [-0.2, 0) is 17.1 Å². The number of hydrogen-bond donors (Lipinski definition) is 1. The van der Waals surface area contributed by atoms with Gasteiger partial charge >= 0.3 is 12.4 Å². The molecule has 1 amide bonds. The van der Waals surface area contributed by atoms with E-state index in [1.165, 1.54) is 18.2 Å². The van der Waals surface area contributed by atoms with E-state index in [0.717, 1.165) is 42.8 Å². The molecule has 0 spiro atoms. The summed E-state index contributed by atoms with van der Waals surface area (Å²) in [6, 6.07) is 7.87. The van der Waals surface area contributed by atoms with Gasteiger partial charge in [0.05, 0.1) is 10.5 Å². The van der Waals surface area contributed by atoms with Gasteiger partial charge < -0.3 is 15.1 Å². The first kappa shape index (κ1) is 30.4. The normalized spacial score (nSPS) is 20.5. The first-order valence-electron chi connectivity index (χ1n) is 13.5. The van der Waals surface area contributed by atoms with Crippen molar-refractivity contribution in [3.8, 4) is 0 Å². The Labute approximate surface area is 233 Å². The number of nitrogens with zero attached hydrogens (tertiary/aromatic N) is 3. The highest BCUT2D eigenvalue weighted by molar-refractivity contribution is 5.78. The van der Waals surface area contributed by atoms with Gasteiger partial charge in [-0.25, -0.2) is 0 Å². The number of alkyl halides is 6. The molecule has 1 heterocycles. The van der Waals surface area contributed by atoms with Crippen LogP contribution in [0.5, 0.6) is 0 Å². The molecule has 1 aliphatic carbocycles. The minimum absolute atomic E-state index is 0.0308. The number of nitro benzene ring substituents is 1. The first-order chi connectivity index (χ1) is 19.2. The fraction of sp³-hybridized carbons (Fsp3) is 0.536. The fourth-order valence-electron chi connectivity index (χ4n) is 5.76. The van der Waals surface area contributed by atoms with Crippen molar-refractivity contribution < 1.29 is 36.1 Å². The molecular formula is C28H32F6N4O3. The van der Waals surface area contributed by atoms with Gasteiger partial charge in [0.2, 0.25) is 5.91 Å². The molecule has 0 aromatic heterocycles. The van der Waals surface area contributed by atoms with E-state index in [1.54, 1.807) is 11.9 Å². The van der Waals surface area contributed by atoms with Crippen molar-refractivity contribution in [1.29, 1.82) is 0 Å². The summed E-state index contributed by atoms with van der Waals surface area (Å²) >= 11 is 0. The number of rotatable bonds is 7. The Morgan fingerprint density at radius 1 is 0.951 bits per heavy atom. The number of halogens is 6. The van der Waals surface area contributed by atoms with Crippen LogP contribution < -0.4 is 10.2 Å². The first-order valence-corrected chi connectivity index (χ1v) is 13.5. The lowest BCUT2D eigenvalue weighted by Gasteiger charge is -2.37. The van der Waals surface area contributed by atoms with Gasteiger partial charge in [0.1, 0.15) is 5.56 Å². The Morgan fingerprint density at radius 2 is 1.56 bits per heavy atom. The van der Waals surface area contributed by atoms with Gasteiger partial charge in [-0.15, -0.1) is 0 Å². The van der Waals surface area contributed by atoms with E-state index in [2.05, 4.69) is 10.2 Å². The Hall–Kier alpha value is -3.51. The molecule has 2 aromatic carbocycles. The summed E-state index contributed by atoms with van der Waals surface area (Å²) in [7, 11) is 1.77. The number of benzene rings is 2. The molecule has 4 rings (SSSR count). The van der Waals surface area contributed by atoms with Crippen LogP contribution in [0.25, 0.3) is 0 Å². The van der Waals surface area contributed by atoms with Crippen LogP contribution in [-0.4, -0.2) is 48.5 Å². The minimum atomic E-state index is -4.85. The van der Waals surface area contributed by atoms with E-state index in [-0.39, 0.29) is 29.5 Å². The van der Waals surface area contributed by atoms with Gasteiger partial charge in [0.15, 0.2) is 0 Å². The summed E-state index contributed by atoms with van der Waals surface area (Å²) in [6.07, 6.45) is -5.30. The smallest absolute Gasteiger partial charge is 0.382 e. The highest BCUT2D eigenvalue weighted by atomic mass is 19.4. The molecule has 0 bridgehead atoms. The summed E-state index contributed by atoms with van der Waals surface area (Å²) in [4.78, 5) is 26.8. The zero-order chi connectivity index (χ0) is 29.9. The molecule has 0 unspecified atom stereocenters. The standard InChI is InChI=1S/C28H32F6N4O3/c1-36(17-18-12-14-37(15-13-18)23-9-4-20(5-10-23)27(29,30)31)26(39)19-2-6-21(7-3-19)35-22-8-11-25(38(40)41)24(16-22)28(32,33)34/h4-5,8-11,16,18-19,21,35H,2-3,6-7,12-15,17H2,1H3. The van der Waals surface area contributed by atoms with E-state index in [1.807, 2.05) is 0 Å². The van der Waals surface area contributed by atoms with Crippen LogP contribution in [0.15, 0.2) is 42.5 Å². The lowest BCUT2D eigenvalue weighted by Crippen LogP contribution is -2.42. The SMILES string of the molecule is CN(CC1CCN(c2ccc(C(F)(F)F)cc2)CC1)C(=O)C1CCC(Nc2ccc([N+](=O)[O-])c(C(F)(F)F)c2)CC1. The predicted molar refractivity (Wildman–Crippen MR) is 141 cm³/mol. The van der Waals surface area contributed by atoms with Crippen molar-refractivity contribution in [3.05, 3.63) is 63.7 Å². The summed E-state index contributed by atoms with van der Waals surface area (Å²) in [5.41, 5.74) is -2.08. The van der Waals surface area contributed by atoms with Crippen LogP contribution in [0.1, 0.15) is 49.7 Å². The van der Waals surface area contributed by atoms with Gasteiger partial charge in [-0.05, 0) is 80.8 Å². The Morgan fingerprint density at radius 3 is 2.10 bits per heavy atom. The largest absolute Gasteiger partial charge is 0.423 e. The number of carbonyl (C=O) groups excluding carboxylic acids is 1. The van der Waals surface area contributed by atoms with Crippen LogP contribution in [0, 0.1) is 22.0 Å². The molecule has 1 saturated carbocycles. The van der Waals surface area contributed by atoms with Crippen LogP contribution in [0.3, 0.4) is 0 Å². The van der Waals surface area contributed by atoms with Crippen LogP contribution in [0.2, 0.25) is 0 Å². The van der Waals surface area contributed by atoms with E-state index < -0.39 is 34.1 Å². The predicted octanol–water partition coefficient (Wildman–Crippen LogP) is 6.98. The van der Waals surface area contributed by atoms with Crippen molar-refractivity contribution in [3.63, 3.8) is 0 Å². The molecule has 2 aliphatic rings. The van der Waals surface area contributed by atoms with Crippen molar-refractivity contribution in [1.82, 2.24) is 4.90 Å². The monoisotopic (exact) mass is 586 g/mol. The molecule has 2 aromatic rings. The molecule has 41 heavy (non-hydrogen) atoms. The molecule has 2 fully saturated rings. The number of nitrogens with one attached hydrogen (secondary N) is 1. The van der Waals surface area contributed by atoms with Gasteiger partial charge in [-0.3, -0.25) is 14.9 Å². The Bertz CT molecular complexity index is 1220. The maximum Gasteiger partial charge on any atom is 0.423 e. The number of anilines is 2. The zero-order valence-electron chi connectivity index (χ0n) is 22.5. The van der Waals surface area contributed by atoms with Gasteiger partial charge in [-0.2, -0.15) is 26.3 Å². The lowest BCUT2D eigenvalue weighted by atomic mass is 9.84. The fourth-order valence-corrected chi connectivity index (χ4v) is 5.76. The highest BCUT2D eigenvalue weighted by Gasteiger charge is 2.39. The second kappa shape index (κ2) is 12.2. The summed E-state index contributed by atoms with van der Waals surface area (Å²) in [6.45, 7) is 1.96. The Balaban J connectivity index is 1.23. The van der Waals surface area contributed by atoms with Gasteiger partial charge in [-0.1, -0.05) is 0 Å². The summed E-state index contributed by atoms with van der Waals surface area (Å²) < 4.78 is 78.3. The maximum atomic E-state index is 13.3.